The number of nitrogens with zero attached hydrogens (tertiary/aromatic N) is 4. The minimum atomic E-state index is -0.0669. The fraction of sp³-hybridized carbons (Fsp3) is 0.500. The van der Waals surface area contributed by atoms with Gasteiger partial charge in [-0.05, 0) is 37.0 Å². The number of aromatic nitrogens is 2. The lowest BCUT2D eigenvalue weighted by atomic mass is 9.98. The molecule has 0 spiro atoms. The van der Waals surface area contributed by atoms with Gasteiger partial charge >= 0.3 is 0 Å². The fourth-order valence-electron chi connectivity index (χ4n) is 4.63. The number of rotatable bonds is 5. The lowest BCUT2D eigenvalue weighted by Crippen LogP contribution is -2.41. The maximum absolute atomic E-state index is 11.7. The Kier molecular flexibility index (Phi) is 5.94. The minimum Gasteiger partial charge on any atom is -0.481 e. The van der Waals surface area contributed by atoms with Gasteiger partial charge in [-0.3, -0.25) is 9.69 Å². The van der Waals surface area contributed by atoms with Crippen LogP contribution >= 0.6 is 0 Å². The largest absolute Gasteiger partial charge is 0.481 e. The molecule has 0 aromatic carbocycles. The standard InChI is InChI=1S/C22H29N5O2/c1-16(28)24-19-9-6-11-23-22(19)27-12-4-3-7-17-13-26(15-20(17)27)14-18-8-5-10-21(25-18)29-2/h5-6,8-11,17,20H,3-4,7,12-15H2,1-2H3,(H,24,28)/t17-,20+/m1/s1. The molecule has 2 aromatic heterocycles. The van der Waals surface area contributed by atoms with Crippen LogP contribution in [-0.4, -0.2) is 53.6 Å². The second-order valence-electron chi connectivity index (χ2n) is 7.94. The molecular weight excluding hydrogens is 366 g/mol. The van der Waals surface area contributed by atoms with Gasteiger partial charge in [0.25, 0.3) is 0 Å². The van der Waals surface area contributed by atoms with Crippen molar-refractivity contribution in [3.63, 3.8) is 0 Å². The summed E-state index contributed by atoms with van der Waals surface area (Å²) in [5, 5.41) is 2.95. The molecule has 1 amide bonds. The highest BCUT2D eigenvalue weighted by atomic mass is 16.5. The second-order valence-corrected chi connectivity index (χ2v) is 7.94. The van der Waals surface area contributed by atoms with Gasteiger partial charge in [-0.1, -0.05) is 12.5 Å². The van der Waals surface area contributed by atoms with E-state index in [1.165, 1.54) is 12.8 Å². The van der Waals surface area contributed by atoms with Gasteiger partial charge in [0.2, 0.25) is 11.8 Å². The van der Waals surface area contributed by atoms with Crippen LogP contribution in [-0.2, 0) is 11.3 Å². The first-order chi connectivity index (χ1) is 14.1. The van der Waals surface area contributed by atoms with E-state index < -0.39 is 0 Å². The number of anilines is 2. The first kappa shape index (κ1) is 19.6. The summed E-state index contributed by atoms with van der Waals surface area (Å²) < 4.78 is 5.27. The fourth-order valence-corrected chi connectivity index (χ4v) is 4.63. The molecule has 4 heterocycles. The van der Waals surface area contributed by atoms with Gasteiger partial charge in [0.15, 0.2) is 5.82 Å². The highest BCUT2D eigenvalue weighted by Crippen LogP contribution is 2.35. The van der Waals surface area contributed by atoms with Gasteiger partial charge in [0, 0.05) is 51.4 Å². The van der Waals surface area contributed by atoms with Gasteiger partial charge in [-0.25, -0.2) is 9.97 Å². The Hall–Kier alpha value is -2.67. The van der Waals surface area contributed by atoms with Crippen molar-refractivity contribution in [2.75, 3.05) is 37.0 Å². The van der Waals surface area contributed by atoms with Crippen LogP contribution in [0.5, 0.6) is 5.88 Å². The van der Waals surface area contributed by atoms with E-state index >= 15 is 0 Å². The maximum atomic E-state index is 11.7. The number of hydrogen-bond donors (Lipinski definition) is 1. The number of hydrogen-bond acceptors (Lipinski definition) is 6. The summed E-state index contributed by atoms with van der Waals surface area (Å²) in [7, 11) is 1.65. The monoisotopic (exact) mass is 395 g/mol. The van der Waals surface area contributed by atoms with E-state index in [1.54, 1.807) is 14.0 Å². The number of nitrogens with one attached hydrogen (secondary N) is 1. The highest BCUT2D eigenvalue weighted by Gasteiger charge is 2.39. The van der Waals surface area contributed by atoms with Crippen LogP contribution < -0.4 is 15.0 Å². The number of amides is 1. The second kappa shape index (κ2) is 8.78. The van der Waals surface area contributed by atoms with E-state index in [2.05, 4.69) is 31.2 Å². The quantitative estimate of drug-likeness (QED) is 0.839. The molecule has 0 saturated carbocycles. The molecule has 0 radical (unpaired) electrons. The topological polar surface area (TPSA) is 70.6 Å². The Labute approximate surface area is 172 Å². The summed E-state index contributed by atoms with van der Waals surface area (Å²) in [6.45, 7) is 5.36. The summed E-state index contributed by atoms with van der Waals surface area (Å²) in [4.78, 5) is 25.8. The zero-order chi connectivity index (χ0) is 20.2. The Morgan fingerprint density at radius 2 is 2.14 bits per heavy atom. The molecule has 0 aliphatic carbocycles. The summed E-state index contributed by atoms with van der Waals surface area (Å²) >= 11 is 0. The Morgan fingerprint density at radius 3 is 2.97 bits per heavy atom. The SMILES string of the molecule is COc1cccc(CN2C[C@H]3CCCCN(c4ncccc4NC(C)=O)[C@H]3C2)n1. The first-order valence-corrected chi connectivity index (χ1v) is 10.4. The number of methoxy groups -OCH3 is 1. The van der Waals surface area contributed by atoms with Crippen LogP contribution in [0.4, 0.5) is 11.5 Å². The molecule has 0 bridgehead atoms. The molecule has 2 saturated heterocycles. The molecule has 2 atom stereocenters. The third-order valence-electron chi connectivity index (χ3n) is 5.85. The molecule has 2 fully saturated rings. The average Bonchev–Trinajstić information content (AvgIpc) is 3.00. The minimum absolute atomic E-state index is 0.0669. The number of ether oxygens (including phenoxy) is 1. The number of pyridine rings is 2. The smallest absolute Gasteiger partial charge is 0.221 e. The van der Waals surface area contributed by atoms with E-state index in [1.807, 2.05) is 30.5 Å². The van der Waals surface area contributed by atoms with Crippen LogP contribution in [0.25, 0.3) is 0 Å². The predicted molar refractivity (Wildman–Crippen MR) is 113 cm³/mol. The predicted octanol–water partition coefficient (Wildman–Crippen LogP) is 2.93. The summed E-state index contributed by atoms with van der Waals surface area (Å²) in [5.74, 6) is 2.07. The lowest BCUT2D eigenvalue weighted by molar-refractivity contribution is -0.114. The lowest BCUT2D eigenvalue weighted by Gasteiger charge is -2.32. The van der Waals surface area contributed by atoms with Crippen molar-refractivity contribution >= 4 is 17.4 Å². The number of carbonyl (C=O) groups excluding carboxylic acids is 1. The number of likely N-dealkylation sites (tertiary alicyclic amines) is 1. The Balaban J connectivity index is 1.54. The summed E-state index contributed by atoms with van der Waals surface area (Å²) in [6, 6.07) is 10.1. The Bertz CT molecular complexity index is 859. The summed E-state index contributed by atoms with van der Waals surface area (Å²) in [5.41, 5.74) is 1.83. The number of fused-ring (bicyclic) bond motifs is 1. The van der Waals surface area contributed by atoms with E-state index in [4.69, 9.17) is 4.74 Å². The molecular formula is C22H29N5O2. The molecule has 0 unspecified atom stereocenters. The molecule has 4 rings (SSSR count). The van der Waals surface area contributed by atoms with Crippen LogP contribution in [0.3, 0.4) is 0 Å². The molecule has 2 aliphatic heterocycles. The zero-order valence-electron chi connectivity index (χ0n) is 17.2. The van der Waals surface area contributed by atoms with Crippen molar-refractivity contribution in [1.82, 2.24) is 14.9 Å². The third kappa shape index (κ3) is 4.50. The highest BCUT2D eigenvalue weighted by molar-refractivity contribution is 5.92. The van der Waals surface area contributed by atoms with Gasteiger partial charge in [-0.15, -0.1) is 0 Å². The normalized spacial score (nSPS) is 22.1. The molecule has 2 aliphatic rings. The maximum Gasteiger partial charge on any atom is 0.221 e. The Morgan fingerprint density at radius 1 is 1.24 bits per heavy atom. The van der Waals surface area contributed by atoms with Crippen molar-refractivity contribution in [2.45, 2.75) is 38.8 Å². The molecule has 154 valence electrons. The van der Waals surface area contributed by atoms with Crippen LogP contribution in [0.2, 0.25) is 0 Å². The van der Waals surface area contributed by atoms with Crippen molar-refractivity contribution in [2.24, 2.45) is 5.92 Å². The summed E-state index contributed by atoms with van der Waals surface area (Å²) in [6.07, 6.45) is 5.42. The van der Waals surface area contributed by atoms with Crippen LogP contribution in [0, 0.1) is 5.92 Å². The third-order valence-corrected chi connectivity index (χ3v) is 5.85. The first-order valence-electron chi connectivity index (χ1n) is 10.4. The van der Waals surface area contributed by atoms with E-state index in [0.29, 0.717) is 17.8 Å². The van der Waals surface area contributed by atoms with E-state index in [0.717, 1.165) is 49.8 Å². The zero-order valence-corrected chi connectivity index (χ0v) is 17.2. The van der Waals surface area contributed by atoms with Crippen molar-refractivity contribution in [3.8, 4) is 5.88 Å². The van der Waals surface area contributed by atoms with Crippen LogP contribution in [0.1, 0.15) is 31.9 Å². The molecule has 1 N–H and O–H groups in total. The van der Waals surface area contributed by atoms with E-state index in [-0.39, 0.29) is 5.91 Å². The van der Waals surface area contributed by atoms with Crippen molar-refractivity contribution < 1.29 is 9.53 Å². The molecule has 2 aromatic rings. The average molecular weight is 396 g/mol. The molecule has 29 heavy (non-hydrogen) atoms. The molecule has 7 heteroatoms. The van der Waals surface area contributed by atoms with Crippen LogP contribution in [0.15, 0.2) is 36.5 Å². The van der Waals surface area contributed by atoms with E-state index in [9.17, 15) is 4.79 Å². The molecule has 7 nitrogen and oxygen atoms in total. The van der Waals surface area contributed by atoms with Crippen molar-refractivity contribution in [3.05, 3.63) is 42.2 Å². The van der Waals surface area contributed by atoms with Gasteiger partial charge in [0.05, 0.1) is 18.5 Å². The van der Waals surface area contributed by atoms with Gasteiger partial charge in [-0.2, -0.15) is 0 Å². The number of carbonyl (C=O) groups is 1. The van der Waals surface area contributed by atoms with Gasteiger partial charge in [0.1, 0.15) is 0 Å². The van der Waals surface area contributed by atoms with Gasteiger partial charge < -0.3 is 15.0 Å². The van der Waals surface area contributed by atoms with Crippen molar-refractivity contribution in [1.29, 1.82) is 0 Å².